The van der Waals surface area contributed by atoms with Crippen LogP contribution < -0.4 is 11.1 Å². The fourth-order valence-corrected chi connectivity index (χ4v) is 2.14. The molecule has 0 saturated carbocycles. The van der Waals surface area contributed by atoms with E-state index in [2.05, 4.69) is 26.2 Å². The zero-order valence-electron chi connectivity index (χ0n) is 7.08. The molecule has 1 amide bonds. The molecule has 0 aliphatic carbocycles. The topological polar surface area (TPSA) is 68.0 Å². The van der Waals surface area contributed by atoms with Crippen molar-refractivity contribution >= 4 is 38.3 Å². The Kier molecular flexibility index (Phi) is 3.68. The first-order chi connectivity index (χ1) is 6.08. The number of halogens is 1. The number of hydrogen-bond donors (Lipinski definition) is 2. The van der Waals surface area contributed by atoms with Gasteiger partial charge in [0.1, 0.15) is 4.60 Å². The SMILES string of the molecule is CC(CC(N)=O)Nc1nc(Br)cs1. The van der Waals surface area contributed by atoms with Crippen molar-refractivity contribution in [3.05, 3.63) is 9.98 Å². The largest absolute Gasteiger partial charge is 0.370 e. The number of amides is 1. The van der Waals surface area contributed by atoms with Crippen molar-refractivity contribution in [1.82, 2.24) is 4.98 Å². The number of primary amides is 1. The predicted molar refractivity (Wildman–Crippen MR) is 56.7 cm³/mol. The smallest absolute Gasteiger partial charge is 0.219 e. The molecule has 0 aliphatic heterocycles. The Morgan fingerprint density at radius 1 is 1.92 bits per heavy atom. The molecule has 3 N–H and O–H groups in total. The lowest BCUT2D eigenvalue weighted by Crippen LogP contribution is -2.23. The molecule has 1 aromatic heterocycles. The van der Waals surface area contributed by atoms with Crippen LogP contribution in [0.4, 0.5) is 5.13 Å². The molecule has 1 unspecified atom stereocenters. The van der Waals surface area contributed by atoms with Crippen LogP contribution in [0.25, 0.3) is 0 Å². The van der Waals surface area contributed by atoms with E-state index in [4.69, 9.17) is 5.73 Å². The first-order valence-electron chi connectivity index (χ1n) is 3.74. The summed E-state index contributed by atoms with van der Waals surface area (Å²) >= 11 is 4.72. The molecule has 0 saturated heterocycles. The van der Waals surface area contributed by atoms with E-state index < -0.39 is 0 Å². The van der Waals surface area contributed by atoms with Crippen LogP contribution in [0.1, 0.15) is 13.3 Å². The van der Waals surface area contributed by atoms with E-state index >= 15 is 0 Å². The standard InChI is InChI=1S/C7H10BrN3OS/c1-4(2-6(9)12)10-7-11-5(8)3-13-7/h3-4H,2H2,1H3,(H2,9,12)(H,10,11). The molecule has 0 bridgehead atoms. The van der Waals surface area contributed by atoms with Gasteiger partial charge in [0.05, 0.1) is 0 Å². The van der Waals surface area contributed by atoms with Crippen molar-refractivity contribution < 1.29 is 4.79 Å². The summed E-state index contributed by atoms with van der Waals surface area (Å²) in [7, 11) is 0. The highest BCUT2D eigenvalue weighted by Crippen LogP contribution is 2.20. The van der Waals surface area contributed by atoms with E-state index in [1.807, 2.05) is 12.3 Å². The van der Waals surface area contributed by atoms with Gasteiger partial charge in [0.2, 0.25) is 5.91 Å². The van der Waals surface area contributed by atoms with Crippen LogP contribution in [0.5, 0.6) is 0 Å². The maximum Gasteiger partial charge on any atom is 0.219 e. The molecule has 0 spiro atoms. The van der Waals surface area contributed by atoms with Gasteiger partial charge >= 0.3 is 0 Å². The maximum atomic E-state index is 10.6. The molecule has 0 aromatic carbocycles. The third-order valence-electron chi connectivity index (χ3n) is 1.35. The molecule has 0 fully saturated rings. The lowest BCUT2D eigenvalue weighted by molar-refractivity contribution is -0.118. The monoisotopic (exact) mass is 263 g/mol. The lowest BCUT2D eigenvalue weighted by Gasteiger charge is -2.09. The Bertz CT molecular complexity index is 302. The fourth-order valence-electron chi connectivity index (χ4n) is 0.884. The van der Waals surface area contributed by atoms with Crippen molar-refractivity contribution in [2.24, 2.45) is 5.73 Å². The third kappa shape index (κ3) is 3.73. The average Bonchev–Trinajstić information content (AvgIpc) is 2.33. The number of carbonyl (C=O) groups excluding carboxylic acids is 1. The minimum absolute atomic E-state index is 0.0237. The van der Waals surface area contributed by atoms with Gasteiger partial charge in [-0.25, -0.2) is 4.98 Å². The van der Waals surface area contributed by atoms with Crippen molar-refractivity contribution in [2.45, 2.75) is 19.4 Å². The summed E-state index contributed by atoms with van der Waals surface area (Å²) in [5, 5.41) is 5.74. The van der Waals surface area contributed by atoms with Gasteiger partial charge in [-0.1, -0.05) is 0 Å². The Morgan fingerprint density at radius 3 is 3.08 bits per heavy atom. The van der Waals surface area contributed by atoms with Crippen molar-refractivity contribution in [3.8, 4) is 0 Å². The molecule has 13 heavy (non-hydrogen) atoms. The normalized spacial score (nSPS) is 12.5. The number of hydrogen-bond acceptors (Lipinski definition) is 4. The number of thiazole rings is 1. The molecular formula is C7H10BrN3OS. The molecule has 1 atom stereocenters. The average molecular weight is 264 g/mol. The molecule has 6 heteroatoms. The van der Waals surface area contributed by atoms with Gasteiger partial charge in [-0.15, -0.1) is 11.3 Å². The van der Waals surface area contributed by atoms with Crippen LogP contribution in [0.3, 0.4) is 0 Å². The van der Waals surface area contributed by atoms with Gasteiger partial charge in [-0.3, -0.25) is 4.79 Å². The second-order valence-electron chi connectivity index (χ2n) is 2.69. The summed E-state index contributed by atoms with van der Waals surface area (Å²) in [6.07, 6.45) is 0.317. The minimum Gasteiger partial charge on any atom is -0.370 e. The van der Waals surface area contributed by atoms with Crippen LogP contribution in [-0.4, -0.2) is 16.9 Å². The second-order valence-corrected chi connectivity index (χ2v) is 4.36. The molecule has 1 aromatic rings. The molecule has 1 heterocycles. The van der Waals surface area contributed by atoms with Gasteiger partial charge in [0.25, 0.3) is 0 Å². The number of nitrogens with one attached hydrogen (secondary N) is 1. The highest BCUT2D eigenvalue weighted by Gasteiger charge is 2.07. The first-order valence-corrected chi connectivity index (χ1v) is 5.41. The highest BCUT2D eigenvalue weighted by molar-refractivity contribution is 9.10. The van der Waals surface area contributed by atoms with E-state index in [1.54, 1.807) is 0 Å². The molecule has 72 valence electrons. The Morgan fingerprint density at radius 2 is 2.62 bits per heavy atom. The predicted octanol–water partition coefficient (Wildman–Crippen LogP) is 1.58. The Balaban J connectivity index is 2.44. The molecular weight excluding hydrogens is 254 g/mol. The van der Waals surface area contributed by atoms with E-state index in [-0.39, 0.29) is 11.9 Å². The maximum absolute atomic E-state index is 10.6. The quantitative estimate of drug-likeness (QED) is 0.867. The van der Waals surface area contributed by atoms with Crippen LogP contribution in [0.2, 0.25) is 0 Å². The number of carbonyl (C=O) groups is 1. The summed E-state index contributed by atoms with van der Waals surface area (Å²) in [6.45, 7) is 1.89. The summed E-state index contributed by atoms with van der Waals surface area (Å²) in [4.78, 5) is 14.7. The molecule has 0 aliphatic rings. The van der Waals surface area contributed by atoms with Gasteiger partial charge in [0, 0.05) is 17.8 Å². The van der Waals surface area contributed by atoms with E-state index in [1.165, 1.54) is 11.3 Å². The van der Waals surface area contributed by atoms with Gasteiger partial charge in [-0.2, -0.15) is 0 Å². The summed E-state index contributed by atoms with van der Waals surface area (Å²) in [6, 6.07) is 0.0237. The van der Waals surface area contributed by atoms with Crippen LogP contribution in [0, 0.1) is 0 Å². The highest BCUT2D eigenvalue weighted by atomic mass is 79.9. The van der Waals surface area contributed by atoms with Crippen molar-refractivity contribution in [3.63, 3.8) is 0 Å². The van der Waals surface area contributed by atoms with Crippen molar-refractivity contribution in [1.29, 1.82) is 0 Å². The summed E-state index contributed by atoms with van der Waals surface area (Å²) < 4.78 is 0.797. The summed E-state index contributed by atoms with van der Waals surface area (Å²) in [5.74, 6) is -0.310. The van der Waals surface area contributed by atoms with Crippen molar-refractivity contribution in [2.75, 3.05) is 5.32 Å². The number of nitrogens with two attached hydrogens (primary N) is 1. The lowest BCUT2D eigenvalue weighted by atomic mass is 10.2. The van der Waals surface area contributed by atoms with E-state index in [9.17, 15) is 4.79 Å². The Hall–Kier alpha value is -0.620. The zero-order valence-corrected chi connectivity index (χ0v) is 9.48. The third-order valence-corrected chi connectivity index (χ3v) is 2.84. The minimum atomic E-state index is -0.310. The Labute approximate surface area is 88.7 Å². The fraction of sp³-hybridized carbons (Fsp3) is 0.429. The second kappa shape index (κ2) is 4.57. The van der Waals surface area contributed by atoms with E-state index in [0.717, 1.165) is 9.73 Å². The van der Waals surface area contributed by atoms with E-state index in [0.29, 0.717) is 6.42 Å². The van der Waals surface area contributed by atoms with Gasteiger partial charge < -0.3 is 11.1 Å². The van der Waals surface area contributed by atoms with Crippen LogP contribution >= 0.6 is 27.3 Å². The molecule has 1 rings (SSSR count). The first kappa shape index (κ1) is 10.5. The van der Waals surface area contributed by atoms with Gasteiger partial charge in [0.15, 0.2) is 5.13 Å². The van der Waals surface area contributed by atoms with Crippen LogP contribution in [0.15, 0.2) is 9.98 Å². The molecule has 4 nitrogen and oxygen atoms in total. The number of aromatic nitrogens is 1. The zero-order chi connectivity index (χ0) is 9.84. The van der Waals surface area contributed by atoms with Crippen LogP contribution in [-0.2, 0) is 4.79 Å². The summed E-state index contributed by atoms with van der Waals surface area (Å²) in [5.41, 5.74) is 5.05. The number of anilines is 1. The number of rotatable bonds is 4. The molecule has 0 radical (unpaired) electrons. The van der Waals surface area contributed by atoms with Gasteiger partial charge in [-0.05, 0) is 22.9 Å². The number of nitrogens with zero attached hydrogens (tertiary/aromatic N) is 1.